The molecule has 0 aliphatic rings. The lowest BCUT2D eigenvalue weighted by Gasteiger charge is -2.13. The average Bonchev–Trinajstić information content (AvgIpc) is 2.27. The number of nitrogen functional groups attached to an aromatic ring is 1. The summed E-state index contributed by atoms with van der Waals surface area (Å²) < 4.78 is 24.1. The first-order valence-corrected chi connectivity index (χ1v) is 5.28. The first kappa shape index (κ1) is 13.6. The number of hydrogen-bond acceptors (Lipinski definition) is 3. The zero-order valence-corrected chi connectivity index (χ0v) is 10.00. The van der Waals surface area contributed by atoms with Gasteiger partial charge in [-0.25, -0.2) is 4.39 Å². The smallest absolute Gasteiger partial charge is 0.139 e. The van der Waals surface area contributed by atoms with E-state index in [0.717, 1.165) is 0 Å². The fourth-order valence-corrected chi connectivity index (χ4v) is 1.41. The number of nitrogens with two attached hydrogens (primary N) is 1. The topological polar surface area (TPSA) is 68.3 Å². The lowest BCUT2D eigenvalue weighted by Crippen LogP contribution is -2.17. The number of halogens is 1. The predicted molar refractivity (Wildman–Crippen MR) is 63.5 cm³/mol. The molecule has 4 nitrogen and oxygen atoms in total. The van der Waals surface area contributed by atoms with Crippen LogP contribution >= 0.6 is 0 Å². The molecule has 1 aromatic rings. The summed E-state index contributed by atoms with van der Waals surface area (Å²) in [6.45, 7) is 2.43. The monoisotopic (exact) mass is 240 g/mol. The van der Waals surface area contributed by atoms with Crippen LogP contribution in [0.3, 0.4) is 0 Å². The van der Waals surface area contributed by atoms with E-state index in [-0.39, 0.29) is 24.1 Å². The van der Waals surface area contributed by atoms with Crippen molar-refractivity contribution in [2.24, 2.45) is 5.73 Å². The molecule has 94 valence electrons. The molecule has 3 N–H and O–H groups in total. The molecular weight excluding hydrogens is 223 g/mol. The van der Waals surface area contributed by atoms with Gasteiger partial charge in [0.15, 0.2) is 0 Å². The van der Waals surface area contributed by atoms with Crippen LogP contribution < -0.4 is 5.73 Å². The lowest BCUT2D eigenvalue weighted by molar-refractivity contribution is -0.00110. The molecule has 0 bridgehead atoms. The van der Waals surface area contributed by atoms with Gasteiger partial charge in [-0.1, -0.05) is 12.1 Å². The SMILES string of the molecule is COCC(C)OCc1cccc(C(=N)N)c1F. The maximum atomic E-state index is 13.8. The van der Waals surface area contributed by atoms with Gasteiger partial charge in [0.2, 0.25) is 0 Å². The van der Waals surface area contributed by atoms with Gasteiger partial charge in [0.25, 0.3) is 0 Å². The first-order valence-electron chi connectivity index (χ1n) is 5.28. The van der Waals surface area contributed by atoms with Crippen LogP contribution in [0.4, 0.5) is 4.39 Å². The highest BCUT2D eigenvalue weighted by Crippen LogP contribution is 2.14. The molecule has 5 heteroatoms. The Kier molecular flexibility index (Phi) is 5.06. The number of amidine groups is 1. The predicted octanol–water partition coefficient (Wildman–Crippen LogP) is 1.66. The highest BCUT2D eigenvalue weighted by Gasteiger charge is 2.11. The normalized spacial score (nSPS) is 12.4. The lowest BCUT2D eigenvalue weighted by atomic mass is 10.1. The number of benzene rings is 1. The van der Waals surface area contributed by atoms with Crippen LogP contribution in [0.5, 0.6) is 0 Å². The summed E-state index contributed by atoms with van der Waals surface area (Å²) in [6, 6.07) is 4.74. The summed E-state index contributed by atoms with van der Waals surface area (Å²) in [7, 11) is 1.58. The zero-order chi connectivity index (χ0) is 12.8. The van der Waals surface area contributed by atoms with Gasteiger partial charge in [-0.15, -0.1) is 0 Å². The van der Waals surface area contributed by atoms with E-state index in [1.807, 2.05) is 6.92 Å². The van der Waals surface area contributed by atoms with Crippen LogP contribution in [0.1, 0.15) is 18.1 Å². The maximum absolute atomic E-state index is 13.8. The Hall–Kier alpha value is -1.46. The Morgan fingerprint density at radius 3 is 2.82 bits per heavy atom. The van der Waals surface area contributed by atoms with Crippen LogP contribution in [0.25, 0.3) is 0 Å². The van der Waals surface area contributed by atoms with E-state index in [2.05, 4.69) is 0 Å². The van der Waals surface area contributed by atoms with Gasteiger partial charge in [0, 0.05) is 12.7 Å². The van der Waals surface area contributed by atoms with E-state index in [1.165, 1.54) is 6.07 Å². The molecule has 0 saturated carbocycles. The first-order chi connectivity index (χ1) is 8.06. The van der Waals surface area contributed by atoms with E-state index in [9.17, 15) is 4.39 Å². The van der Waals surface area contributed by atoms with Crippen molar-refractivity contribution < 1.29 is 13.9 Å². The average molecular weight is 240 g/mol. The van der Waals surface area contributed by atoms with E-state index in [1.54, 1.807) is 19.2 Å². The third-order valence-electron chi connectivity index (χ3n) is 2.29. The number of ether oxygens (including phenoxy) is 2. The molecule has 0 saturated heterocycles. The third-order valence-corrected chi connectivity index (χ3v) is 2.29. The highest BCUT2D eigenvalue weighted by atomic mass is 19.1. The van der Waals surface area contributed by atoms with Crippen molar-refractivity contribution in [2.75, 3.05) is 13.7 Å². The molecule has 0 spiro atoms. The van der Waals surface area contributed by atoms with Gasteiger partial charge in [-0.3, -0.25) is 5.41 Å². The van der Waals surface area contributed by atoms with Crippen LogP contribution in [-0.2, 0) is 16.1 Å². The fraction of sp³-hybridized carbons (Fsp3) is 0.417. The van der Waals surface area contributed by atoms with Crippen molar-refractivity contribution >= 4 is 5.84 Å². The third kappa shape index (κ3) is 3.80. The van der Waals surface area contributed by atoms with Crippen molar-refractivity contribution in [2.45, 2.75) is 19.6 Å². The molecule has 0 aliphatic carbocycles. The number of methoxy groups -OCH3 is 1. The van der Waals surface area contributed by atoms with Gasteiger partial charge in [-0.05, 0) is 13.0 Å². The van der Waals surface area contributed by atoms with Gasteiger partial charge in [0.1, 0.15) is 11.7 Å². The van der Waals surface area contributed by atoms with E-state index >= 15 is 0 Å². The largest absolute Gasteiger partial charge is 0.384 e. The molecular formula is C12H17FN2O2. The van der Waals surface area contributed by atoms with Crippen molar-refractivity contribution in [3.8, 4) is 0 Å². The molecule has 1 unspecified atom stereocenters. The van der Waals surface area contributed by atoms with Gasteiger partial charge in [0.05, 0.1) is 24.9 Å². The molecule has 17 heavy (non-hydrogen) atoms. The summed E-state index contributed by atoms with van der Waals surface area (Å²) >= 11 is 0. The molecule has 1 rings (SSSR count). The minimum Gasteiger partial charge on any atom is -0.384 e. The zero-order valence-electron chi connectivity index (χ0n) is 10.00. The van der Waals surface area contributed by atoms with Crippen molar-refractivity contribution in [1.29, 1.82) is 5.41 Å². The minimum absolute atomic E-state index is 0.102. The van der Waals surface area contributed by atoms with Gasteiger partial charge >= 0.3 is 0 Å². The van der Waals surface area contributed by atoms with Crippen molar-refractivity contribution in [1.82, 2.24) is 0 Å². The van der Waals surface area contributed by atoms with Crippen LogP contribution in [0.2, 0.25) is 0 Å². The van der Waals surface area contributed by atoms with Gasteiger partial charge < -0.3 is 15.2 Å². The fourth-order valence-electron chi connectivity index (χ4n) is 1.41. The molecule has 0 radical (unpaired) electrons. The van der Waals surface area contributed by atoms with E-state index in [4.69, 9.17) is 20.6 Å². The Morgan fingerprint density at radius 1 is 1.53 bits per heavy atom. The van der Waals surface area contributed by atoms with Crippen molar-refractivity contribution in [3.05, 3.63) is 35.1 Å². The number of rotatable bonds is 6. The molecule has 1 aromatic carbocycles. The number of nitrogens with one attached hydrogen (secondary N) is 1. The summed E-state index contributed by atoms with van der Waals surface area (Å²) in [5, 5.41) is 7.23. The molecule has 0 heterocycles. The van der Waals surface area contributed by atoms with Crippen LogP contribution in [0, 0.1) is 11.2 Å². The van der Waals surface area contributed by atoms with Crippen LogP contribution in [0.15, 0.2) is 18.2 Å². The Morgan fingerprint density at radius 2 is 2.24 bits per heavy atom. The van der Waals surface area contributed by atoms with Gasteiger partial charge in [-0.2, -0.15) is 0 Å². The summed E-state index contributed by atoms with van der Waals surface area (Å²) in [5.74, 6) is -0.779. The molecule has 0 amide bonds. The Bertz CT molecular complexity index is 396. The van der Waals surface area contributed by atoms with E-state index in [0.29, 0.717) is 12.2 Å². The summed E-state index contributed by atoms with van der Waals surface area (Å²) in [6.07, 6.45) is -0.111. The standard InChI is InChI=1S/C12H17FN2O2/c1-8(6-16-2)17-7-9-4-3-5-10(11(9)13)12(14)15/h3-5,8H,6-7H2,1-2H3,(H3,14,15). The molecule has 0 fully saturated rings. The second kappa shape index (κ2) is 6.32. The quantitative estimate of drug-likeness (QED) is 0.587. The summed E-state index contributed by atoms with van der Waals surface area (Å²) in [5.41, 5.74) is 5.76. The van der Waals surface area contributed by atoms with Crippen molar-refractivity contribution in [3.63, 3.8) is 0 Å². The Balaban J connectivity index is 2.72. The minimum atomic E-state index is -0.496. The molecule has 1 atom stereocenters. The molecule has 0 aliphatic heterocycles. The summed E-state index contributed by atoms with van der Waals surface area (Å²) in [4.78, 5) is 0. The highest BCUT2D eigenvalue weighted by molar-refractivity contribution is 5.95. The maximum Gasteiger partial charge on any atom is 0.139 e. The van der Waals surface area contributed by atoms with Crippen LogP contribution in [-0.4, -0.2) is 25.7 Å². The molecule has 0 aromatic heterocycles. The van der Waals surface area contributed by atoms with E-state index < -0.39 is 5.82 Å². The second-order valence-electron chi connectivity index (χ2n) is 3.77. The Labute approximate surface area is 100 Å². The number of hydrogen-bond donors (Lipinski definition) is 2. The second-order valence-corrected chi connectivity index (χ2v) is 3.77.